The molecule has 0 saturated carbocycles. The molecule has 2 aliphatic rings. The lowest BCUT2D eigenvalue weighted by atomic mass is 10.0. The van der Waals surface area contributed by atoms with Crippen LogP contribution in [0.4, 0.5) is 13.2 Å². The number of carbonyl (C=O) groups is 1. The summed E-state index contributed by atoms with van der Waals surface area (Å²) in [6, 6.07) is 1.56. The quantitative estimate of drug-likeness (QED) is 0.822. The summed E-state index contributed by atoms with van der Waals surface area (Å²) in [4.78, 5) is 26.2. The maximum atomic E-state index is 12.8. The topological polar surface area (TPSA) is 60.8 Å². The number of ether oxygens (including phenoxy) is 2. The first-order chi connectivity index (χ1) is 11.9. The molecule has 9 heteroatoms. The Labute approximate surface area is 142 Å². The number of aromatic nitrogens is 1. The molecule has 25 heavy (non-hydrogen) atoms. The minimum absolute atomic E-state index is 0.273. The van der Waals surface area contributed by atoms with Crippen LogP contribution >= 0.6 is 0 Å². The highest BCUT2D eigenvalue weighted by molar-refractivity contribution is 5.76. The molecule has 0 aliphatic carbocycles. The molecule has 1 aromatic heterocycles. The highest BCUT2D eigenvalue weighted by atomic mass is 19.4. The van der Waals surface area contributed by atoms with Crippen molar-refractivity contribution in [3.63, 3.8) is 0 Å². The van der Waals surface area contributed by atoms with Gasteiger partial charge in [0.1, 0.15) is 12.1 Å². The fraction of sp³-hybridized carbons (Fsp3) is 0.625. The van der Waals surface area contributed by atoms with Crippen LogP contribution in [-0.4, -0.2) is 47.5 Å². The summed E-state index contributed by atoms with van der Waals surface area (Å²) >= 11 is 0. The van der Waals surface area contributed by atoms with Gasteiger partial charge in [0.2, 0.25) is 5.91 Å². The Morgan fingerprint density at radius 3 is 2.64 bits per heavy atom. The van der Waals surface area contributed by atoms with Crippen molar-refractivity contribution in [1.29, 1.82) is 0 Å². The van der Waals surface area contributed by atoms with Gasteiger partial charge < -0.3 is 18.9 Å². The van der Waals surface area contributed by atoms with Crippen LogP contribution in [-0.2, 0) is 27.0 Å². The first-order valence-electron chi connectivity index (χ1n) is 8.17. The molecule has 3 heterocycles. The van der Waals surface area contributed by atoms with E-state index in [1.165, 1.54) is 6.20 Å². The number of piperidine rings is 1. The number of rotatable bonds is 3. The van der Waals surface area contributed by atoms with Gasteiger partial charge in [0.15, 0.2) is 6.29 Å². The van der Waals surface area contributed by atoms with Crippen molar-refractivity contribution in [2.45, 2.75) is 44.3 Å². The van der Waals surface area contributed by atoms with Crippen LogP contribution in [0, 0.1) is 0 Å². The molecule has 3 rings (SSSR count). The molecule has 2 saturated heterocycles. The van der Waals surface area contributed by atoms with Crippen molar-refractivity contribution < 1.29 is 27.4 Å². The maximum absolute atomic E-state index is 12.8. The molecular formula is C16H19F3N2O4. The Hall–Kier alpha value is -1.87. The Morgan fingerprint density at radius 1 is 1.24 bits per heavy atom. The molecule has 0 spiro atoms. The lowest BCUT2D eigenvalue weighted by Gasteiger charge is -2.38. The van der Waals surface area contributed by atoms with Gasteiger partial charge in [-0.3, -0.25) is 9.59 Å². The number of hydrogen-bond donors (Lipinski definition) is 0. The van der Waals surface area contributed by atoms with Gasteiger partial charge >= 0.3 is 6.18 Å². The number of pyridine rings is 1. The SMILES string of the molecule is O=C(Cn1cccc(C(F)(F)F)c1=O)N1CCCCC1C1OCCO1. The van der Waals surface area contributed by atoms with E-state index in [9.17, 15) is 22.8 Å². The summed E-state index contributed by atoms with van der Waals surface area (Å²) in [7, 11) is 0. The molecule has 0 aromatic carbocycles. The summed E-state index contributed by atoms with van der Waals surface area (Å²) in [5, 5.41) is 0. The molecule has 0 bridgehead atoms. The molecule has 1 unspecified atom stereocenters. The summed E-state index contributed by atoms with van der Waals surface area (Å²) in [6.45, 7) is 0.943. The molecule has 0 radical (unpaired) electrons. The minimum atomic E-state index is -4.75. The summed E-state index contributed by atoms with van der Waals surface area (Å²) in [5.74, 6) is -0.412. The first-order valence-corrected chi connectivity index (χ1v) is 8.17. The van der Waals surface area contributed by atoms with Crippen molar-refractivity contribution in [3.05, 3.63) is 34.2 Å². The van der Waals surface area contributed by atoms with Crippen LogP contribution < -0.4 is 5.56 Å². The summed E-state index contributed by atoms with van der Waals surface area (Å²) in [5.41, 5.74) is -2.49. The molecule has 1 aromatic rings. The summed E-state index contributed by atoms with van der Waals surface area (Å²) in [6.07, 6.45) is -1.65. The molecule has 1 amide bonds. The van der Waals surface area contributed by atoms with E-state index in [1.54, 1.807) is 4.90 Å². The number of nitrogens with zero attached hydrogens (tertiary/aromatic N) is 2. The second-order valence-electron chi connectivity index (χ2n) is 6.11. The maximum Gasteiger partial charge on any atom is 0.421 e. The largest absolute Gasteiger partial charge is 0.421 e. The smallest absolute Gasteiger partial charge is 0.348 e. The molecule has 2 aliphatic heterocycles. The number of hydrogen-bond acceptors (Lipinski definition) is 4. The molecule has 1 atom stereocenters. The number of amides is 1. The average molecular weight is 360 g/mol. The predicted molar refractivity (Wildman–Crippen MR) is 80.7 cm³/mol. The Kier molecular flexibility index (Phi) is 5.14. The van der Waals surface area contributed by atoms with E-state index in [0.717, 1.165) is 23.5 Å². The van der Waals surface area contributed by atoms with Gasteiger partial charge in [-0.15, -0.1) is 0 Å². The Balaban J connectivity index is 1.78. The van der Waals surface area contributed by atoms with E-state index < -0.39 is 36.0 Å². The predicted octanol–water partition coefficient (Wildman–Crippen LogP) is 1.62. The van der Waals surface area contributed by atoms with Crippen molar-refractivity contribution in [3.8, 4) is 0 Å². The van der Waals surface area contributed by atoms with Gasteiger partial charge in [0.05, 0.1) is 19.3 Å². The van der Waals surface area contributed by atoms with Gasteiger partial charge in [0, 0.05) is 12.7 Å². The average Bonchev–Trinajstić information content (AvgIpc) is 3.10. The lowest BCUT2D eigenvalue weighted by Crippen LogP contribution is -2.51. The second-order valence-corrected chi connectivity index (χ2v) is 6.11. The number of halogens is 3. The number of carbonyl (C=O) groups excluding carboxylic acids is 1. The normalized spacial score (nSPS) is 22.4. The van der Waals surface area contributed by atoms with E-state index in [4.69, 9.17) is 9.47 Å². The van der Waals surface area contributed by atoms with Crippen molar-refractivity contribution >= 4 is 5.91 Å². The van der Waals surface area contributed by atoms with Crippen LogP contribution in [0.2, 0.25) is 0 Å². The zero-order valence-electron chi connectivity index (χ0n) is 13.5. The van der Waals surface area contributed by atoms with E-state index in [1.807, 2.05) is 0 Å². The lowest BCUT2D eigenvalue weighted by molar-refractivity contribution is -0.151. The van der Waals surface area contributed by atoms with Crippen molar-refractivity contribution in [2.75, 3.05) is 19.8 Å². The first kappa shape index (κ1) is 17.9. The molecule has 138 valence electrons. The Bertz CT molecular complexity index is 683. The highest BCUT2D eigenvalue weighted by Crippen LogP contribution is 2.27. The standard InChI is InChI=1S/C16H19F3N2O4/c17-16(18,19)11-4-3-6-20(14(11)23)10-13(22)21-7-2-1-5-12(21)15-24-8-9-25-15/h3-4,6,12,15H,1-2,5,7-10H2. The highest BCUT2D eigenvalue weighted by Gasteiger charge is 2.37. The molecule has 6 nitrogen and oxygen atoms in total. The number of alkyl halides is 3. The van der Waals surface area contributed by atoms with Crippen LogP contribution in [0.25, 0.3) is 0 Å². The third-order valence-electron chi connectivity index (χ3n) is 4.46. The van der Waals surface area contributed by atoms with Crippen LogP contribution in [0.1, 0.15) is 24.8 Å². The zero-order valence-corrected chi connectivity index (χ0v) is 13.5. The molecular weight excluding hydrogens is 341 g/mol. The van der Waals surface area contributed by atoms with Gasteiger partial charge in [-0.05, 0) is 31.4 Å². The minimum Gasteiger partial charge on any atom is -0.348 e. The van der Waals surface area contributed by atoms with E-state index in [2.05, 4.69) is 0 Å². The van der Waals surface area contributed by atoms with Crippen molar-refractivity contribution in [2.24, 2.45) is 0 Å². The Morgan fingerprint density at radius 2 is 1.96 bits per heavy atom. The van der Waals surface area contributed by atoms with Gasteiger partial charge in [-0.25, -0.2) is 0 Å². The van der Waals surface area contributed by atoms with Crippen LogP contribution in [0.3, 0.4) is 0 Å². The number of likely N-dealkylation sites (tertiary alicyclic amines) is 1. The van der Waals surface area contributed by atoms with Crippen LogP contribution in [0.5, 0.6) is 0 Å². The van der Waals surface area contributed by atoms with Gasteiger partial charge in [-0.2, -0.15) is 13.2 Å². The van der Waals surface area contributed by atoms with Crippen molar-refractivity contribution in [1.82, 2.24) is 9.47 Å². The molecule has 2 fully saturated rings. The second kappa shape index (κ2) is 7.17. The van der Waals surface area contributed by atoms with Gasteiger partial charge in [0.25, 0.3) is 5.56 Å². The van der Waals surface area contributed by atoms with E-state index >= 15 is 0 Å². The third kappa shape index (κ3) is 3.87. The van der Waals surface area contributed by atoms with Crippen LogP contribution in [0.15, 0.2) is 23.1 Å². The fourth-order valence-electron chi connectivity index (χ4n) is 3.26. The molecule has 0 N–H and O–H groups in total. The fourth-order valence-corrected chi connectivity index (χ4v) is 3.26. The monoisotopic (exact) mass is 360 g/mol. The zero-order chi connectivity index (χ0) is 18.0. The summed E-state index contributed by atoms with van der Waals surface area (Å²) < 4.78 is 50.3. The van der Waals surface area contributed by atoms with E-state index in [0.29, 0.717) is 32.2 Å². The van der Waals surface area contributed by atoms with E-state index in [-0.39, 0.29) is 6.04 Å². The van der Waals surface area contributed by atoms with Gasteiger partial charge in [-0.1, -0.05) is 0 Å². The third-order valence-corrected chi connectivity index (χ3v) is 4.46.